The van der Waals surface area contributed by atoms with Crippen molar-refractivity contribution in [3.8, 4) is 21.2 Å². The Bertz CT molecular complexity index is 2890. The molecule has 6 aromatic rings. The number of carbonyl (C=O) groups excluding carboxylic acids is 4. The number of benzene rings is 2. The van der Waals surface area contributed by atoms with Crippen LogP contribution in [-0.4, -0.2) is 102 Å². The minimum atomic E-state index is -0.962. The summed E-state index contributed by atoms with van der Waals surface area (Å²) in [6.45, 7) is 14.0. The predicted molar refractivity (Wildman–Crippen MR) is 267 cm³/mol. The van der Waals surface area contributed by atoms with Crippen LogP contribution in [-0.2, 0) is 32.0 Å². The molecule has 8 rings (SSSR count). The van der Waals surface area contributed by atoms with Gasteiger partial charge in [-0.2, -0.15) is 0 Å². The number of Topliss-reactive ketones (excluding diaryl/α,β-unsaturated/α-hetero) is 1. The molecular formula is C51H56ClN9O6S2. The van der Waals surface area contributed by atoms with Gasteiger partial charge in [0.25, 0.3) is 0 Å². The van der Waals surface area contributed by atoms with Crippen LogP contribution in [0.2, 0.25) is 5.02 Å². The van der Waals surface area contributed by atoms with Crippen molar-refractivity contribution in [3.63, 3.8) is 0 Å². The van der Waals surface area contributed by atoms with Crippen LogP contribution < -0.4 is 15.4 Å². The molecule has 3 N–H and O–H groups in total. The fourth-order valence-corrected chi connectivity index (χ4v) is 10.9. The van der Waals surface area contributed by atoms with Crippen molar-refractivity contribution in [2.45, 2.75) is 105 Å². The molecule has 0 radical (unpaired) electrons. The van der Waals surface area contributed by atoms with Gasteiger partial charge in [0.2, 0.25) is 17.7 Å². The molecule has 0 aliphatic carbocycles. The Morgan fingerprint density at radius 3 is 2.36 bits per heavy atom. The van der Waals surface area contributed by atoms with Crippen LogP contribution in [0.5, 0.6) is 5.75 Å². The lowest BCUT2D eigenvalue weighted by molar-refractivity contribution is -0.143. The maximum Gasteiger partial charge on any atom is 0.246 e. The second-order valence-corrected chi connectivity index (χ2v) is 21.2. The number of nitrogens with one attached hydrogen (secondary N) is 2. The first-order chi connectivity index (χ1) is 32.9. The first-order valence-corrected chi connectivity index (χ1v) is 25.0. The average molecular weight is 991 g/mol. The number of aromatic nitrogens is 5. The minimum absolute atomic E-state index is 0.00796. The zero-order chi connectivity index (χ0) is 49.1. The third kappa shape index (κ3) is 11.2. The number of halogens is 1. The predicted octanol–water partition coefficient (Wildman–Crippen LogP) is 7.45. The van der Waals surface area contributed by atoms with Gasteiger partial charge in [0.05, 0.1) is 59.5 Å². The Morgan fingerprint density at radius 2 is 1.68 bits per heavy atom. The molecule has 69 heavy (non-hydrogen) atoms. The second kappa shape index (κ2) is 20.8. The lowest BCUT2D eigenvalue weighted by Gasteiger charge is -2.35. The highest BCUT2D eigenvalue weighted by molar-refractivity contribution is 7.15. The van der Waals surface area contributed by atoms with Crippen molar-refractivity contribution in [2.75, 3.05) is 19.7 Å². The van der Waals surface area contributed by atoms with Gasteiger partial charge < -0.3 is 25.4 Å². The molecule has 0 saturated carbocycles. The lowest BCUT2D eigenvalue weighted by Crippen LogP contribution is -2.57. The summed E-state index contributed by atoms with van der Waals surface area (Å²) in [7, 11) is 0. The molecule has 360 valence electrons. The Hall–Kier alpha value is -6.14. The number of ketones is 1. The molecule has 15 nitrogen and oxygen atoms in total. The Balaban J connectivity index is 0.829. The molecule has 4 atom stereocenters. The molecule has 0 spiro atoms. The summed E-state index contributed by atoms with van der Waals surface area (Å²) in [5, 5.41) is 26.9. The van der Waals surface area contributed by atoms with Crippen molar-refractivity contribution < 1.29 is 29.0 Å². The number of β-amino-alcohol motifs (C(OH)–C–C–N with tert-alkyl or cyclic N) is 1. The van der Waals surface area contributed by atoms with Crippen molar-refractivity contribution in [3.05, 3.63) is 128 Å². The van der Waals surface area contributed by atoms with E-state index in [0.717, 1.165) is 54.0 Å². The molecule has 4 aromatic heterocycles. The molecule has 0 bridgehead atoms. The molecule has 6 heterocycles. The number of nitrogens with zero attached hydrogens (tertiary/aromatic N) is 7. The van der Waals surface area contributed by atoms with Crippen molar-refractivity contribution in [1.82, 2.24) is 40.3 Å². The molecule has 3 amide bonds. The fourth-order valence-electron chi connectivity index (χ4n) is 8.73. The van der Waals surface area contributed by atoms with Crippen molar-refractivity contribution >= 4 is 63.5 Å². The van der Waals surface area contributed by atoms with Crippen molar-refractivity contribution in [1.29, 1.82) is 0 Å². The number of thiophene rings is 1. The highest BCUT2D eigenvalue weighted by Crippen LogP contribution is 2.40. The largest absolute Gasteiger partial charge is 0.490 e. The monoisotopic (exact) mass is 989 g/mol. The topological polar surface area (TPSA) is 194 Å². The van der Waals surface area contributed by atoms with Crippen LogP contribution in [0.1, 0.15) is 96.2 Å². The number of hydrogen-bond donors (Lipinski definition) is 3. The molecule has 2 aliphatic rings. The summed E-state index contributed by atoms with van der Waals surface area (Å²) in [5.74, 6) is 0.548. The third-order valence-electron chi connectivity index (χ3n) is 12.5. The number of thiazole rings is 1. The Kier molecular flexibility index (Phi) is 14.9. The number of pyridine rings is 1. The molecule has 18 heteroatoms. The third-order valence-corrected chi connectivity index (χ3v) is 15.0. The second-order valence-electron chi connectivity index (χ2n) is 18.7. The van der Waals surface area contributed by atoms with E-state index in [9.17, 15) is 24.3 Å². The minimum Gasteiger partial charge on any atom is -0.490 e. The van der Waals surface area contributed by atoms with Gasteiger partial charge in [-0.1, -0.05) is 68.8 Å². The maximum atomic E-state index is 14.2. The Morgan fingerprint density at radius 1 is 0.942 bits per heavy atom. The van der Waals surface area contributed by atoms with Gasteiger partial charge in [-0.05, 0) is 80.5 Å². The van der Waals surface area contributed by atoms with Crippen LogP contribution >= 0.6 is 34.3 Å². The quantitative estimate of drug-likeness (QED) is 0.0821. The first-order valence-electron chi connectivity index (χ1n) is 23.0. The zero-order valence-corrected chi connectivity index (χ0v) is 42.1. The van der Waals surface area contributed by atoms with Crippen molar-refractivity contribution in [2.24, 2.45) is 10.4 Å². The molecule has 2 aromatic carbocycles. The average Bonchev–Trinajstić information content (AvgIpc) is 4.09. The van der Waals surface area contributed by atoms with Crippen LogP contribution in [0.15, 0.2) is 77.4 Å². The van der Waals surface area contributed by atoms with E-state index in [-0.39, 0.29) is 57.1 Å². The fraction of sp³-hybridized carbons (Fsp3) is 0.392. The molecule has 1 saturated heterocycles. The number of aryl methyl sites for hydroxylation is 4. The van der Waals surface area contributed by atoms with Crippen LogP contribution in [0, 0.1) is 33.1 Å². The molecular weight excluding hydrogens is 934 g/mol. The number of rotatable bonds is 16. The van der Waals surface area contributed by atoms with E-state index in [0.29, 0.717) is 34.5 Å². The molecule has 1 fully saturated rings. The summed E-state index contributed by atoms with van der Waals surface area (Å²) >= 11 is 9.48. The van der Waals surface area contributed by atoms with E-state index in [4.69, 9.17) is 21.3 Å². The van der Waals surface area contributed by atoms with Crippen LogP contribution in [0.3, 0.4) is 0 Å². The van der Waals surface area contributed by atoms with Gasteiger partial charge >= 0.3 is 0 Å². The smallest absolute Gasteiger partial charge is 0.246 e. The number of hydrogen-bond acceptors (Lipinski definition) is 13. The molecule has 2 aliphatic heterocycles. The number of fused-ring (bicyclic) bond motifs is 3. The van der Waals surface area contributed by atoms with E-state index in [1.807, 2.05) is 93.2 Å². The zero-order valence-electron chi connectivity index (χ0n) is 39.7. The van der Waals surface area contributed by atoms with Crippen LogP contribution in [0.4, 0.5) is 0 Å². The first kappa shape index (κ1) is 49.3. The summed E-state index contributed by atoms with van der Waals surface area (Å²) in [5.41, 5.74) is 8.35. The maximum absolute atomic E-state index is 14.2. The van der Waals surface area contributed by atoms with Crippen LogP contribution in [0.25, 0.3) is 15.4 Å². The van der Waals surface area contributed by atoms with Gasteiger partial charge in [0, 0.05) is 46.1 Å². The van der Waals surface area contributed by atoms with Gasteiger partial charge in [-0.25, -0.2) is 4.98 Å². The summed E-state index contributed by atoms with van der Waals surface area (Å²) in [6.07, 6.45) is 1.43. The summed E-state index contributed by atoms with van der Waals surface area (Å²) in [6, 6.07) is 16.6. The number of carbonyl (C=O) groups is 4. The van der Waals surface area contributed by atoms with E-state index < -0.39 is 41.5 Å². The number of aliphatic hydroxyl groups is 1. The number of ether oxygens (including phenoxy) is 1. The molecule has 0 unspecified atom stereocenters. The number of amides is 3. The van der Waals surface area contributed by atoms with Gasteiger partial charge in [-0.3, -0.25) is 33.7 Å². The summed E-state index contributed by atoms with van der Waals surface area (Å²) in [4.78, 5) is 72.3. The summed E-state index contributed by atoms with van der Waals surface area (Å²) < 4.78 is 7.89. The highest BCUT2D eigenvalue weighted by Gasteiger charge is 2.44. The normalized spacial score (nSPS) is 17.1. The SMILES string of the molecule is Cc1ncsc1-c1ccc(CCC(=O)[C@@H]2C[C@@H](O)CN2C(=O)[C@@H](NC(=O)Cc2ccc(OCCNC(=O)C[C@@H]3N=C(c4ccc(Cl)cc4)c4c(sc(C)c4C)-n4c(C)nnc43)cn2)C(C)(C)C)cc1. The van der Waals surface area contributed by atoms with Gasteiger partial charge in [0.15, 0.2) is 11.6 Å². The van der Waals surface area contributed by atoms with Gasteiger partial charge in [0.1, 0.15) is 35.3 Å². The number of likely N-dealkylation sites (tertiary alicyclic amines) is 1. The highest BCUT2D eigenvalue weighted by atomic mass is 35.5. The van der Waals surface area contributed by atoms with E-state index >= 15 is 0 Å². The van der Waals surface area contributed by atoms with E-state index in [2.05, 4.69) is 44.6 Å². The van der Waals surface area contributed by atoms with Gasteiger partial charge in [-0.15, -0.1) is 32.9 Å². The Labute approximate surface area is 414 Å². The number of aliphatic imine (C=N–C) groups is 1. The lowest BCUT2D eigenvalue weighted by atomic mass is 9.85. The number of aliphatic hydroxyl groups excluding tert-OH is 1. The standard InChI is InChI=1S/C51H56ClN9O6S2/c1-28-30(3)69-50-44(28)45(33-13-15-35(52)16-14-33)56-39(48-59-58-31(4)61(48)50)24-42(64)53-20-21-67-38-18-17-36(54-25-38)22-43(65)57-47(51(5,6)7)49(66)60-26-37(62)23-40(60)41(63)19-10-32-8-11-34(12-9-32)46-29(2)55-27-68-46/h8-9,11-18,25,27,37,39-40,47,62H,10,19-24,26H2,1-7H3,(H,53,64)(H,57,65)/t37-,39+,40+,47-/m1/s1. The van der Waals surface area contributed by atoms with E-state index in [1.54, 1.807) is 34.8 Å². The van der Waals surface area contributed by atoms with E-state index in [1.165, 1.54) is 11.1 Å².